The first-order valence-electron chi connectivity index (χ1n) is 31.2. The molecular weight excluding hydrogens is 976 g/mol. The van der Waals surface area contributed by atoms with E-state index in [-0.39, 0.29) is 24.9 Å². The molecule has 0 saturated heterocycles. The van der Waals surface area contributed by atoms with E-state index in [1.54, 1.807) is 0 Å². The molecule has 9 nitrogen and oxygen atoms in total. The molecule has 0 heterocycles. The van der Waals surface area contributed by atoms with Crippen LogP contribution in [-0.4, -0.2) is 69.4 Å². The number of amides is 1. The van der Waals surface area contributed by atoms with Crippen molar-refractivity contribution in [3.8, 4) is 0 Å². The van der Waals surface area contributed by atoms with Crippen molar-refractivity contribution in [2.45, 2.75) is 264 Å². The lowest BCUT2D eigenvalue weighted by atomic mass is 10.0. The van der Waals surface area contributed by atoms with Crippen LogP contribution in [0.4, 0.5) is 0 Å². The molecule has 0 aromatic carbocycles. The summed E-state index contributed by atoms with van der Waals surface area (Å²) < 4.78 is 30.3. The van der Waals surface area contributed by atoms with Gasteiger partial charge >= 0.3 is 5.97 Å². The highest BCUT2D eigenvalue weighted by atomic mass is 31.2. The first-order valence-corrected chi connectivity index (χ1v) is 32.7. The Morgan fingerprint density at radius 3 is 1.39 bits per heavy atom. The summed E-state index contributed by atoms with van der Waals surface area (Å²) in [5, 5.41) is 3.02. The van der Waals surface area contributed by atoms with Crippen LogP contribution in [0.25, 0.3) is 0 Å². The van der Waals surface area contributed by atoms with E-state index in [0.717, 1.165) is 116 Å². The third-order valence-corrected chi connectivity index (χ3v) is 14.2. The molecule has 0 aliphatic heterocycles. The van der Waals surface area contributed by atoms with Gasteiger partial charge in [-0.25, -0.2) is 0 Å². The van der Waals surface area contributed by atoms with Crippen molar-refractivity contribution >= 4 is 19.7 Å². The summed E-state index contributed by atoms with van der Waals surface area (Å²) in [5.41, 5.74) is 0. The molecule has 0 bridgehead atoms. The summed E-state index contributed by atoms with van der Waals surface area (Å²) in [5.74, 6) is -0.568. The predicted octanol–water partition coefficient (Wildman–Crippen LogP) is 18.7. The number of nitrogens with zero attached hydrogens (tertiary/aromatic N) is 1. The number of carbonyl (C=O) groups is 2. The highest BCUT2D eigenvalue weighted by Crippen LogP contribution is 2.38. The number of nitrogens with one attached hydrogen (secondary N) is 1. The van der Waals surface area contributed by atoms with Crippen LogP contribution >= 0.6 is 7.82 Å². The zero-order chi connectivity index (χ0) is 56.4. The second kappa shape index (κ2) is 56.0. The molecule has 0 spiro atoms. The van der Waals surface area contributed by atoms with E-state index in [1.807, 2.05) is 33.3 Å². The molecule has 0 rings (SSSR count). The van der Waals surface area contributed by atoms with Crippen LogP contribution in [0.15, 0.2) is 109 Å². The quantitative estimate of drug-likeness (QED) is 0.0161. The van der Waals surface area contributed by atoms with Crippen LogP contribution in [0.1, 0.15) is 252 Å². The molecule has 3 atom stereocenters. The number of esters is 1. The lowest BCUT2D eigenvalue weighted by Gasteiger charge is -2.30. The number of unbranched alkanes of at least 4 members (excludes halogenated alkanes) is 25. The Bertz CT molecular complexity index is 1690. The molecular formula is C67H117N2O7P. The van der Waals surface area contributed by atoms with E-state index in [9.17, 15) is 19.0 Å². The van der Waals surface area contributed by atoms with Crippen molar-refractivity contribution in [3.05, 3.63) is 109 Å². The maximum atomic E-state index is 13.5. The normalized spacial score (nSPS) is 14.4. The zero-order valence-electron chi connectivity index (χ0n) is 50.4. The summed E-state index contributed by atoms with van der Waals surface area (Å²) in [6.07, 6.45) is 76.3. The van der Waals surface area contributed by atoms with Gasteiger partial charge in [0.25, 0.3) is 7.82 Å². The Labute approximate surface area is 474 Å². The van der Waals surface area contributed by atoms with Gasteiger partial charge in [0, 0.05) is 12.8 Å². The molecule has 77 heavy (non-hydrogen) atoms. The van der Waals surface area contributed by atoms with Crippen molar-refractivity contribution in [2.24, 2.45) is 0 Å². The van der Waals surface area contributed by atoms with E-state index in [1.165, 1.54) is 96.3 Å². The maximum absolute atomic E-state index is 13.5. The molecule has 0 radical (unpaired) electrons. The Balaban J connectivity index is 5.16. The number of carbonyl (C=O) groups excluding carboxylic acids is 2. The maximum Gasteiger partial charge on any atom is 0.306 e. The van der Waals surface area contributed by atoms with Crippen molar-refractivity contribution < 1.29 is 37.3 Å². The minimum Gasteiger partial charge on any atom is -0.756 e. The Morgan fingerprint density at radius 2 is 0.896 bits per heavy atom. The van der Waals surface area contributed by atoms with Gasteiger partial charge in [-0.05, 0) is 96.0 Å². The Morgan fingerprint density at radius 1 is 0.481 bits per heavy atom. The summed E-state index contributed by atoms with van der Waals surface area (Å²) in [4.78, 5) is 40.0. The lowest BCUT2D eigenvalue weighted by molar-refractivity contribution is -0.870. The number of allylic oxidation sites excluding steroid dienone is 17. The minimum absolute atomic E-state index is 0.0310. The molecule has 0 aliphatic carbocycles. The first kappa shape index (κ1) is 73.7. The summed E-state index contributed by atoms with van der Waals surface area (Å²) in [7, 11) is 1.16. The third kappa shape index (κ3) is 57.2. The molecule has 0 aromatic rings. The Hall–Kier alpha value is -3.33. The number of hydrogen-bond acceptors (Lipinski definition) is 7. The van der Waals surface area contributed by atoms with Crippen LogP contribution < -0.4 is 10.2 Å². The van der Waals surface area contributed by atoms with Crippen molar-refractivity contribution in [1.29, 1.82) is 0 Å². The number of phosphoric ester groups is 1. The van der Waals surface area contributed by atoms with E-state index in [2.05, 4.69) is 123 Å². The second-order valence-electron chi connectivity index (χ2n) is 21.9. The van der Waals surface area contributed by atoms with Gasteiger partial charge in [-0.2, -0.15) is 0 Å². The van der Waals surface area contributed by atoms with E-state index in [0.29, 0.717) is 23.9 Å². The predicted molar refractivity (Wildman–Crippen MR) is 330 cm³/mol. The van der Waals surface area contributed by atoms with Gasteiger partial charge in [-0.1, -0.05) is 252 Å². The third-order valence-electron chi connectivity index (χ3n) is 13.3. The highest BCUT2D eigenvalue weighted by Gasteiger charge is 2.27. The fourth-order valence-corrected chi connectivity index (χ4v) is 9.21. The van der Waals surface area contributed by atoms with E-state index >= 15 is 0 Å². The standard InChI is InChI=1S/C67H117N2O7P/c1-7-10-13-16-19-22-25-27-29-30-31-32-33-34-35-36-37-38-40-41-44-47-50-53-56-59-66(70)68-64(63-75-77(72,73)74-62-61-69(4,5)6)65(58-55-52-49-46-43-24-21-18-15-12-9-3)76-67(71)60-57-54-51-48-45-42-39-28-26-23-20-17-14-11-8-2/h10-11,13-14,17,19-20,22-23,26-27,29,31-32,34-35,55,58,64-65H,7-9,12,15-16,18,21,24-25,28,30,33,36-54,56-57,59-63H2,1-6H3,(H-,68,70,72,73)/b13-10-,14-11+,20-17+,22-19-,26-23+,29-27-,32-31-,35-34-,58-55-. The Kier molecular flexibility index (Phi) is 53.5. The van der Waals surface area contributed by atoms with Crippen molar-refractivity contribution in [1.82, 2.24) is 5.32 Å². The molecule has 1 N–H and O–H groups in total. The average molecular weight is 1090 g/mol. The first-order chi connectivity index (χ1) is 37.4. The molecule has 442 valence electrons. The molecule has 3 unspecified atom stereocenters. The number of likely N-dealkylation sites (N-methyl/N-ethyl adjacent to an activating group) is 1. The van der Waals surface area contributed by atoms with Crippen LogP contribution in [-0.2, 0) is 27.9 Å². The SMILES string of the molecule is CC/C=C\C/C=C\C/C=C\C/C=C\C/C=C\CCCCCCCCCCCC(=O)NC(COP(=O)([O-])OCC[N+](C)(C)C)C(/C=C\CCCCCCCCCCC)OC(=O)CCCCCCCCC/C=C/C=C/C=C/CC. The van der Waals surface area contributed by atoms with Crippen LogP contribution in [0.5, 0.6) is 0 Å². The monoisotopic (exact) mass is 1090 g/mol. The van der Waals surface area contributed by atoms with Crippen molar-refractivity contribution in [2.75, 3.05) is 40.9 Å². The molecule has 0 saturated carbocycles. The smallest absolute Gasteiger partial charge is 0.306 e. The van der Waals surface area contributed by atoms with Crippen molar-refractivity contribution in [3.63, 3.8) is 0 Å². The number of rotatable bonds is 55. The van der Waals surface area contributed by atoms with Gasteiger partial charge in [0.15, 0.2) is 0 Å². The molecule has 0 aromatic heterocycles. The second-order valence-corrected chi connectivity index (χ2v) is 23.3. The van der Waals surface area contributed by atoms with Gasteiger partial charge in [0.1, 0.15) is 19.3 Å². The molecule has 0 fully saturated rings. The fourth-order valence-electron chi connectivity index (χ4n) is 8.49. The lowest BCUT2D eigenvalue weighted by Crippen LogP contribution is -2.47. The van der Waals surface area contributed by atoms with Gasteiger partial charge in [-0.15, -0.1) is 0 Å². The highest BCUT2D eigenvalue weighted by molar-refractivity contribution is 7.45. The van der Waals surface area contributed by atoms with Crippen LogP contribution in [0, 0.1) is 0 Å². The number of quaternary nitrogens is 1. The van der Waals surface area contributed by atoms with Gasteiger partial charge in [0.2, 0.25) is 5.91 Å². The largest absolute Gasteiger partial charge is 0.756 e. The average Bonchev–Trinajstić information content (AvgIpc) is 3.39. The fraction of sp³-hybridized carbons (Fsp3) is 0.701. The van der Waals surface area contributed by atoms with Gasteiger partial charge < -0.3 is 28.5 Å². The number of ether oxygens (including phenoxy) is 1. The summed E-state index contributed by atoms with van der Waals surface area (Å²) in [6, 6.07) is -0.903. The number of phosphoric acid groups is 1. The van der Waals surface area contributed by atoms with Gasteiger partial charge in [0.05, 0.1) is 33.8 Å². The van der Waals surface area contributed by atoms with E-state index < -0.39 is 26.6 Å². The number of hydrogen-bond donors (Lipinski definition) is 1. The minimum atomic E-state index is -4.71. The molecule has 0 aliphatic rings. The van der Waals surface area contributed by atoms with Crippen LogP contribution in [0.2, 0.25) is 0 Å². The topological polar surface area (TPSA) is 114 Å². The summed E-state index contributed by atoms with van der Waals surface area (Å²) in [6.45, 7) is 6.57. The molecule has 1 amide bonds. The van der Waals surface area contributed by atoms with Gasteiger partial charge in [-0.3, -0.25) is 14.2 Å². The molecule has 10 heteroatoms. The summed E-state index contributed by atoms with van der Waals surface area (Å²) >= 11 is 0. The van der Waals surface area contributed by atoms with E-state index in [4.69, 9.17) is 13.8 Å². The zero-order valence-corrected chi connectivity index (χ0v) is 51.3. The van der Waals surface area contributed by atoms with Crippen LogP contribution in [0.3, 0.4) is 0 Å².